The molecule has 0 atom stereocenters. The number of benzene rings is 2. The monoisotopic (exact) mass is 366 g/mol. The van der Waals surface area contributed by atoms with E-state index in [1.807, 2.05) is 0 Å². The first-order chi connectivity index (χ1) is 12.2. The van der Waals surface area contributed by atoms with Crippen molar-refractivity contribution < 1.29 is 27.9 Å². The van der Waals surface area contributed by atoms with E-state index in [9.17, 15) is 27.9 Å². The fourth-order valence-electron chi connectivity index (χ4n) is 2.24. The molecule has 138 valence electrons. The van der Waals surface area contributed by atoms with Gasteiger partial charge in [0.1, 0.15) is 0 Å². The van der Waals surface area contributed by atoms with Crippen LogP contribution in [0.5, 0.6) is 0 Å². The van der Waals surface area contributed by atoms with Gasteiger partial charge in [0.05, 0.1) is 16.8 Å². The van der Waals surface area contributed by atoms with Crippen molar-refractivity contribution in [3.63, 3.8) is 0 Å². The van der Waals surface area contributed by atoms with Gasteiger partial charge >= 0.3 is 12.1 Å². The lowest BCUT2D eigenvalue weighted by Gasteiger charge is -2.13. The highest BCUT2D eigenvalue weighted by molar-refractivity contribution is 6.01. The summed E-state index contributed by atoms with van der Waals surface area (Å²) in [7, 11) is 0. The van der Waals surface area contributed by atoms with Gasteiger partial charge in [-0.25, -0.2) is 4.79 Å². The van der Waals surface area contributed by atoms with E-state index < -0.39 is 17.7 Å². The number of carbonyl (C=O) groups excluding carboxylic acids is 1. The minimum Gasteiger partial charge on any atom is -0.478 e. The zero-order valence-electron chi connectivity index (χ0n) is 13.9. The van der Waals surface area contributed by atoms with Gasteiger partial charge in [-0.05, 0) is 35.9 Å². The fraction of sp³-hybridized carbons (Fsp3) is 0.222. The van der Waals surface area contributed by atoms with E-state index in [2.05, 4.69) is 10.6 Å². The molecule has 0 aliphatic carbocycles. The number of halogens is 3. The van der Waals surface area contributed by atoms with Crippen LogP contribution in [-0.2, 0) is 17.5 Å². The number of rotatable bonds is 6. The van der Waals surface area contributed by atoms with Crippen LogP contribution in [0.15, 0.2) is 42.5 Å². The molecule has 3 N–H and O–H groups in total. The van der Waals surface area contributed by atoms with Gasteiger partial charge in [0, 0.05) is 18.7 Å². The molecule has 2 aromatic carbocycles. The van der Waals surface area contributed by atoms with Crippen LogP contribution in [0.4, 0.5) is 24.5 Å². The summed E-state index contributed by atoms with van der Waals surface area (Å²) in [6.45, 7) is 1.73. The largest absolute Gasteiger partial charge is 0.478 e. The molecule has 0 heterocycles. The van der Waals surface area contributed by atoms with Crippen molar-refractivity contribution in [2.24, 2.45) is 0 Å². The summed E-state index contributed by atoms with van der Waals surface area (Å²) in [5, 5.41) is 14.7. The number of hydrogen-bond donors (Lipinski definition) is 3. The molecular weight excluding hydrogens is 349 g/mol. The van der Waals surface area contributed by atoms with Gasteiger partial charge in [-0.3, -0.25) is 4.79 Å². The highest BCUT2D eigenvalue weighted by Crippen LogP contribution is 2.29. The molecule has 5 nitrogen and oxygen atoms in total. The maximum atomic E-state index is 12.7. The molecule has 0 aliphatic rings. The lowest BCUT2D eigenvalue weighted by atomic mass is 10.1. The summed E-state index contributed by atoms with van der Waals surface area (Å²) >= 11 is 0. The summed E-state index contributed by atoms with van der Waals surface area (Å²) in [5.74, 6) is -1.55. The Morgan fingerprint density at radius 1 is 1.12 bits per heavy atom. The van der Waals surface area contributed by atoms with Crippen LogP contribution in [0.2, 0.25) is 0 Å². The highest BCUT2D eigenvalue weighted by Gasteiger charge is 2.30. The predicted octanol–water partition coefficient (Wildman–Crippen LogP) is 4.36. The Morgan fingerprint density at radius 3 is 2.46 bits per heavy atom. The lowest BCUT2D eigenvalue weighted by molar-refractivity contribution is -0.137. The second kappa shape index (κ2) is 7.90. The molecule has 0 bridgehead atoms. The van der Waals surface area contributed by atoms with Crippen LogP contribution in [0.25, 0.3) is 0 Å². The molecular formula is C18H17F3N2O3. The molecule has 0 radical (unpaired) electrons. The minimum absolute atomic E-state index is 0.0869. The number of aromatic carboxylic acids is 1. The SMILES string of the molecule is CCC(=O)Nc1ccc(NCc2cccc(C(F)(F)F)c2)cc1C(=O)O. The van der Waals surface area contributed by atoms with Crippen molar-refractivity contribution in [3.8, 4) is 0 Å². The Hall–Kier alpha value is -3.03. The molecule has 26 heavy (non-hydrogen) atoms. The van der Waals surface area contributed by atoms with Crippen LogP contribution in [0.3, 0.4) is 0 Å². The first kappa shape index (κ1) is 19.3. The maximum Gasteiger partial charge on any atom is 0.416 e. The van der Waals surface area contributed by atoms with Crippen LogP contribution in [-0.4, -0.2) is 17.0 Å². The van der Waals surface area contributed by atoms with Crippen molar-refractivity contribution in [1.82, 2.24) is 0 Å². The number of alkyl halides is 3. The number of carboxylic acid groups (broad SMARTS) is 1. The van der Waals surface area contributed by atoms with Crippen molar-refractivity contribution >= 4 is 23.3 Å². The lowest BCUT2D eigenvalue weighted by Crippen LogP contribution is -2.13. The molecule has 2 aromatic rings. The van der Waals surface area contributed by atoms with Crippen LogP contribution >= 0.6 is 0 Å². The van der Waals surface area contributed by atoms with Crippen LogP contribution < -0.4 is 10.6 Å². The number of carboxylic acids is 1. The molecule has 0 saturated heterocycles. The molecule has 0 saturated carbocycles. The Morgan fingerprint density at radius 2 is 1.85 bits per heavy atom. The number of nitrogens with one attached hydrogen (secondary N) is 2. The first-order valence-electron chi connectivity index (χ1n) is 7.78. The predicted molar refractivity (Wildman–Crippen MR) is 91.1 cm³/mol. The Kier molecular flexibility index (Phi) is 5.86. The third kappa shape index (κ3) is 4.98. The molecule has 2 rings (SSSR count). The average Bonchev–Trinajstić information content (AvgIpc) is 2.60. The summed E-state index contributed by atoms with van der Waals surface area (Å²) in [4.78, 5) is 22.8. The van der Waals surface area contributed by atoms with Crippen LogP contribution in [0.1, 0.15) is 34.8 Å². The fourth-order valence-corrected chi connectivity index (χ4v) is 2.24. The van der Waals surface area contributed by atoms with Crippen molar-refractivity contribution in [3.05, 3.63) is 59.2 Å². The van der Waals surface area contributed by atoms with E-state index in [1.165, 1.54) is 24.3 Å². The third-order valence-corrected chi connectivity index (χ3v) is 3.60. The van der Waals surface area contributed by atoms with Gasteiger partial charge in [-0.2, -0.15) is 13.2 Å². The average molecular weight is 366 g/mol. The smallest absolute Gasteiger partial charge is 0.416 e. The Balaban J connectivity index is 2.16. The quantitative estimate of drug-likeness (QED) is 0.710. The van der Waals surface area contributed by atoms with E-state index in [4.69, 9.17) is 0 Å². The molecule has 0 fully saturated rings. The summed E-state index contributed by atoms with van der Waals surface area (Å²) < 4.78 is 38.2. The Bertz CT molecular complexity index is 820. The van der Waals surface area contributed by atoms with Gasteiger partial charge in [0.2, 0.25) is 5.91 Å². The normalized spacial score (nSPS) is 11.1. The third-order valence-electron chi connectivity index (χ3n) is 3.60. The number of hydrogen-bond acceptors (Lipinski definition) is 3. The molecule has 0 unspecified atom stereocenters. The van der Waals surface area contributed by atoms with E-state index in [0.29, 0.717) is 11.3 Å². The van der Waals surface area contributed by atoms with Gasteiger partial charge in [-0.1, -0.05) is 19.1 Å². The summed E-state index contributed by atoms with van der Waals surface area (Å²) in [6.07, 6.45) is -4.22. The van der Waals surface area contributed by atoms with Gasteiger partial charge < -0.3 is 15.7 Å². The van der Waals surface area contributed by atoms with Gasteiger partial charge in [-0.15, -0.1) is 0 Å². The maximum absolute atomic E-state index is 12.7. The van der Waals surface area contributed by atoms with Gasteiger partial charge in [0.15, 0.2) is 0 Å². The van der Waals surface area contributed by atoms with E-state index >= 15 is 0 Å². The second-order valence-electron chi connectivity index (χ2n) is 5.52. The molecule has 1 amide bonds. The number of anilines is 2. The minimum atomic E-state index is -4.42. The number of carbonyl (C=O) groups is 2. The van der Waals surface area contributed by atoms with E-state index in [1.54, 1.807) is 13.0 Å². The summed E-state index contributed by atoms with van der Waals surface area (Å²) in [5.41, 5.74) is 0.116. The van der Waals surface area contributed by atoms with E-state index in [-0.39, 0.29) is 30.1 Å². The van der Waals surface area contributed by atoms with Crippen molar-refractivity contribution in [1.29, 1.82) is 0 Å². The Labute approximate surface area is 147 Å². The topological polar surface area (TPSA) is 78.4 Å². The molecule has 0 aliphatic heterocycles. The number of amides is 1. The second-order valence-corrected chi connectivity index (χ2v) is 5.52. The van der Waals surface area contributed by atoms with Gasteiger partial charge in [0.25, 0.3) is 0 Å². The highest BCUT2D eigenvalue weighted by atomic mass is 19.4. The first-order valence-corrected chi connectivity index (χ1v) is 7.78. The zero-order chi connectivity index (χ0) is 19.3. The standard InChI is InChI=1S/C18H17F3N2O3/c1-2-16(24)23-15-7-6-13(9-14(15)17(25)26)22-10-11-4-3-5-12(8-11)18(19,20)21/h3-9,22H,2,10H2,1H3,(H,23,24)(H,25,26). The van der Waals surface area contributed by atoms with Crippen LogP contribution in [0, 0.1) is 0 Å². The molecule has 8 heteroatoms. The molecule has 0 spiro atoms. The molecule has 0 aromatic heterocycles. The van der Waals surface area contributed by atoms with Crippen molar-refractivity contribution in [2.45, 2.75) is 26.1 Å². The zero-order valence-corrected chi connectivity index (χ0v) is 13.9. The van der Waals surface area contributed by atoms with E-state index in [0.717, 1.165) is 12.1 Å². The summed E-state index contributed by atoms with van der Waals surface area (Å²) in [6, 6.07) is 9.16. The van der Waals surface area contributed by atoms with Crippen molar-refractivity contribution in [2.75, 3.05) is 10.6 Å².